The Labute approximate surface area is 104 Å². The predicted octanol–water partition coefficient (Wildman–Crippen LogP) is 0.167. The molecule has 0 radical (unpaired) electrons. The number of halogens is 1. The molecule has 5 nitrogen and oxygen atoms in total. The minimum absolute atomic E-state index is 0.896. The van der Waals surface area contributed by atoms with Gasteiger partial charge in [-0.3, -0.25) is 10.00 Å². The van der Waals surface area contributed by atoms with Crippen molar-refractivity contribution in [3.8, 4) is 0 Å². The van der Waals surface area contributed by atoms with Crippen LogP contribution in [-0.4, -0.2) is 54.4 Å². The summed E-state index contributed by atoms with van der Waals surface area (Å²) in [5, 5.41) is 13.9. The molecule has 1 aromatic rings. The highest BCUT2D eigenvalue weighted by molar-refractivity contribution is 9.10. The lowest BCUT2D eigenvalue weighted by atomic mass is 10.3. The SMILES string of the molecule is Brc1c[nH]nc1CN1CCNCCNCC1. The summed E-state index contributed by atoms with van der Waals surface area (Å²) in [6, 6.07) is 0. The van der Waals surface area contributed by atoms with Gasteiger partial charge in [-0.15, -0.1) is 0 Å². The lowest BCUT2D eigenvalue weighted by molar-refractivity contribution is 0.269. The van der Waals surface area contributed by atoms with Gasteiger partial charge in [0.05, 0.1) is 10.2 Å². The van der Waals surface area contributed by atoms with E-state index in [2.05, 4.69) is 41.7 Å². The topological polar surface area (TPSA) is 56.0 Å². The Balaban J connectivity index is 1.88. The molecule has 2 rings (SSSR count). The van der Waals surface area contributed by atoms with Gasteiger partial charge >= 0.3 is 0 Å². The number of nitrogens with zero attached hydrogens (tertiary/aromatic N) is 2. The van der Waals surface area contributed by atoms with Crippen molar-refractivity contribution in [2.75, 3.05) is 39.3 Å². The molecule has 0 spiro atoms. The van der Waals surface area contributed by atoms with E-state index < -0.39 is 0 Å². The van der Waals surface area contributed by atoms with Crippen LogP contribution >= 0.6 is 15.9 Å². The molecular weight excluding hydrogens is 270 g/mol. The van der Waals surface area contributed by atoms with Crippen LogP contribution < -0.4 is 10.6 Å². The fourth-order valence-corrected chi connectivity index (χ4v) is 2.11. The molecule has 0 aliphatic carbocycles. The number of hydrogen-bond acceptors (Lipinski definition) is 4. The van der Waals surface area contributed by atoms with Gasteiger partial charge in [-0.25, -0.2) is 0 Å². The third kappa shape index (κ3) is 3.55. The van der Waals surface area contributed by atoms with E-state index in [1.165, 1.54) is 0 Å². The minimum Gasteiger partial charge on any atom is -0.314 e. The molecule has 0 unspecified atom stereocenters. The summed E-state index contributed by atoms with van der Waals surface area (Å²) in [6.07, 6.45) is 1.88. The van der Waals surface area contributed by atoms with E-state index in [0.717, 1.165) is 56.0 Å². The molecule has 0 aromatic carbocycles. The number of H-pyrrole nitrogens is 1. The van der Waals surface area contributed by atoms with Crippen LogP contribution in [0.2, 0.25) is 0 Å². The second-order valence-electron chi connectivity index (χ2n) is 3.96. The summed E-state index contributed by atoms with van der Waals surface area (Å²) in [4.78, 5) is 2.41. The molecule has 1 aromatic heterocycles. The van der Waals surface area contributed by atoms with Gasteiger partial charge in [0.25, 0.3) is 0 Å². The van der Waals surface area contributed by atoms with Gasteiger partial charge in [-0.1, -0.05) is 0 Å². The summed E-state index contributed by atoms with van der Waals surface area (Å²) in [5.74, 6) is 0. The first-order chi connectivity index (χ1) is 7.86. The molecule has 0 bridgehead atoms. The molecule has 90 valence electrons. The molecule has 1 aliphatic rings. The van der Waals surface area contributed by atoms with Crippen LogP contribution in [0.25, 0.3) is 0 Å². The first-order valence-electron chi connectivity index (χ1n) is 5.68. The van der Waals surface area contributed by atoms with Crippen LogP contribution in [0.15, 0.2) is 10.7 Å². The predicted molar refractivity (Wildman–Crippen MR) is 67.3 cm³/mol. The smallest absolute Gasteiger partial charge is 0.0904 e. The molecule has 6 heteroatoms. The van der Waals surface area contributed by atoms with Crippen LogP contribution in [0.4, 0.5) is 0 Å². The third-order valence-electron chi connectivity index (χ3n) is 2.73. The zero-order valence-corrected chi connectivity index (χ0v) is 10.9. The average Bonchev–Trinajstić information content (AvgIpc) is 2.72. The van der Waals surface area contributed by atoms with Crippen molar-refractivity contribution in [1.29, 1.82) is 0 Å². The molecule has 2 heterocycles. The van der Waals surface area contributed by atoms with Crippen molar-refractivity contribution in [2.45, 2.75) is 6.54 Å². The van der Waals surface area contributed by atoms with Crippen molar-refractivity contribution in [3.63, 3.8) is 0 Å². The fraction of sp³-hybridized carbons (Fsp3) is 0.700. The quantitative estimate of drug-likeness (QED) is 0.726. The molecule has 3 N–H and O–H groups in total. The Kier molecular flexibility index (Phi) is 4.77. The van der Waals surface area contributed by atoms with Crippen LogP contribution in [0.5, 0.6) is 0 Å². The van der Waals surface area contributed by atoms with Crippen LogP contribution in [0, 0.1) is 0 Å². The van der Waals surface area contributed by atoms with E-state index in [1.54, 1.807) is 0 Å². The number of nitrogens with one attached hydrogen (secondary N) is 3. The molecule has 0 saturated carbocycles. The number of aromatic nitrogens is 2. The van der Waals surface area contributed by atoms with Gasteiger partial charge < -0.3 is 10.6 Å². The summed E-state index contributed by atoms with van der Waals surface area (Å²) in [6.45, 7) is 7.24. The molecular formula is C10H18BrN5. The lowest BCUT2D eigenvalue weighted by Crippen LogP contribution is -2.33. The maximum absolute atomic E-state index is 4.23. The van der Waals surface area contributed by atoms with Crippen molar-refractivity contribution in [2.24, 2.45) is 0 Å². The summed E-state index contributed by atoms with van der Waals surface area (Å²) in [5.41, 5.74) is 1.08. The second-order valence-corrected chi connectivity index (χ2v) is 4.81. The van der Waals surface area contributed by atoms with Crippen molar-refractivity contribution in [3.05, 3.63) is 16.4 Å². The lowest BCUT2D eigenvalue weighted by Gasteiger charge is -2.20. The van der Waals surface area contributed by atoms with Crippen LogP contribution in [0.3, 0.4) is 0 Å². The van der Waals surface area contributed by atoms with Crippen LogP contribution in [0.1, 0.15) is 5.69 Å². The zero-order chi connectivity index (χ0) is 11.2. The van der Waals surface area contributed by atoms with Gasteiger partial charge in [0.1, 0.15) is 0 Å². The Bertz CT molecular complexity index is 304. The summed E-state index contributed by atoms with van der Waals surface area (Å²) >= 11 is 3.49. The van der Waals surface area contributed by atoms with Gasteiger partial charge in [0, 0.05) is 52.0 Å². The van der Waals surface area contributed by atoms with E-state index in [4.69, 9.17) is 0 Å². The van der Waals surface area contributed by atoms with E-state index in [1.807, 2.05) is 6.20 Å². The van der Waals surface area contributed by atoms with E-state index in [9.17, 15) is 0 Å². The standard InChI is InChI=1S/C10H18BrN5/c11-9-7-14-15-10(9)8-16-5-3-12-1-2-13-4-6-16/h7,12-13H,1-6,8H2,(H,14,15). The molecule has 1 aliphatic heterocycles. The maximum Gasteiger partial charge on any atom is 0.0904 e. The van der Waals surface area contributed by atoms with E-state index in [0.29, 0.717) is 0 Å². The monoisotopic (exact) mass is 287 g/mol. The Morgan fingerprint density at radius 2 is 1.88 bits per heavy atom. The van der Waals surface area contributed by atoms with E-state index in [-0.39, 0.29) is 0 Å². The third-order valence-corrected chi connectivity index (χ3v) is 3.41. The van der Waals surface area contributed by atoms with Crippen molar-refractivity contribution in [1.82, 2.24) is 25.7 Å². The fourth-order valence-electron chi connectivity index (χ4n) is 1.80. The molecule has 1 fully saturated rings. The second kappa shape index (κ2) is 6.34. The van der Waals surface area contributed by atoms with Crippen LogP contribution in [-0.2, 0) is 6.54 Å². The van der Waals surface area contributed by atoms with Gasteiger partial charge in [0.2, 0.25) is 0 Å². The Morgan fingerprint density at radius 1 is 1.19 bits per heavy atom. The van der Waals surface area contributed by atoms with E-state index >= 15 is 0 Å². The van der Waals surface area contributed by atoms with Gasteiger partial charge in [-0.05, 0) is 15.9 Å². The highest BCUT2D eigenvalue weighted by Crippen LogP contribution is 2.14. The summed E-state index contributed by atoms with van der Waals surface area (Å²) < 4.78 is 1.06. The largest absolute Gasteiger partial charge is 0.314 e. The molecule has 0 amide bonds. The first kappa shape index (κ1) is 12.0. The van der Waals surface area contributed by atoms with Gasteiger partial charge in [0.15, 0.2) is 0 Å². The number of hydrogen-bond donors (Lipinski definition) is 3. The molecule has 1 saturated heterocycles. The zero-order valence-electron chi connectivity index (χ0n) is 9.30. The minimum atomic E-state index is 0.896. The molecule has 16 heavy (non-hydrogen) atoms. The normalized spacial score (nSPS) is 20.1. The number of rotatable bonds is 2. The summed E-state index contributed by atoms with van der Waals surface area (Å²) in [7, 11) is 0. The highest BCUT2D eigenvalue weighted by Gasteiger charge is 2.10. The maximum atomic E-state index is 4.23. The number of aromatic amines is 1. The van der Waals surface area contributed by atoms with Crippen molar-refractivity contribution < 1.29 is 0 Å². The Morgan fingerprint density at radius 3 is 2.44 bits per heavy atom. The van der Waals surface area contributed by atoms with Gasteiger partial charge in [-0.2, -0.15) is 5.10 Å². The first-order valence-corrected chi connectivity index (χ1v) is 6.47. The average molecular weight is 288 g/mol. The van der Waals surface area contributed by atoms with Crippen molar-refractivity contribution >= 4 is 15.9 Å². The highest BCUT2D eigenvalue weighted by atomic mass is 79.9. The molecule has 0 atom stereocenters. The Hall–Kier alpha value is -0.430.